The number of rotatable bonds is 5. The lowest BCUT2D eigenvalue weighted by Gasteiger charge is -2.36. The Morgan fingerprint density at radius 2 is 2.00 bits per heavy atom. The summed E-state index contributed by atoms with van der Waals surface area (Å²) in [5, 5.41) is 0. The molecule has 1 fully saturated rings. The van der Waals surface area contributed by atoms with Gasteiger partial charge in [0, 0.05) is 24.3 Å². The molecular formula is C16H25FN2. The van der Waals surface area contributed by atoms with Crippen LogP contribution < -0.4 is 10.6 Å². The second kappa shape index (κ2) is 6.38. The van der Waals surface area contributed by atoms with E-state index in [4.69, 9.17) is 5.73 Å². The molecule has 0 spiro atoms. The van der Waals surface area contributed by atoms with Crippen molar-refractivity contribution < 1.29 is 4.39 Å². The molecule has 0 bridgehead atoms. The second-order valence-corrected chi connectivity index (χ2v) is 5.73. The van der Waals surface area contributed by atoms with Crippen LogP contribution >= 0.6 is 0 Å². The van der Waals surface area contributed by atoms with Gasteiger partial charge in [-0.05, 0) is 44.4 Å². The Morgan fingerprint density at radius 1 is 1.26 bits per heavy atom. The minimum absolute atomic E-state index is 0.000997. The zero-order valence-corrected chi connectivity index (χ0v) is 11.9. The van der Waals surface area contributed by atoms with Gasteiger partial charge in [-0.15, -0.1) is 0 Å². The fraction of sp³-hybridized carbons (Fsp3) is 0.625. The van der Waals surface area contributed by atoms with E-state index in [1.54, 1.807) is 12.1 Å². The van der Waals surface area contributed by atoms with Crippen LogP contribution in [0.25, 0.3) is 0 Å². The van der Waals surface area contributed by atoms with Gasteiger partial charge in [0.05, 0.1) is 0 Å². The lowest BCUT2D eigenvalue weighted by molar-refractivity contribution is 0.280. The molecule has 0 radical (unpaired) electrons. The van der Waals surface area contributed by atoms with E-state index < -0.39 is 0 Å². The fourth-order valence-electron chi connectivity index (χ4n) is 3.01. The Morgan fingerprint density at radius 3 is 2.63 bits per heavy atom. The normalized spacial score (nSPS) is 18.3. The van der Waals surface area contributed by atoms with Crippen LogP contribution in [0.5, 0.6) is 0 Å². The smallest absolute Gasteiger partial charge is 0.125 e. The Bertz CT molecular complexity index is 399. The quantitative estimate of drug-likeness (QED) is 0.878. The van der Waals surface area contributed by atoms with Crippen molar-refractivity contribution in [2.75, 3.05) is 18.0 Å². The highest BCUT2D eigenvalue weighted by Crippen LogP contribution is 2.29. The first-order valence-corrected chi connectivity index (χ1v) is 7.42. The van der Waals surface area contributed by atoms with Gasteiger partial charge >= 0.3 is 0 Å². The average Bonchev–Trinajstić information content (AvgIpc) is 2.40. The first kappa shape index (κ1) is 14.3. The van der Waals surface area contributed by atoms with Gasteiger partial charge in [0.1, 0.15) is 5.82 Å². The maximum absolute atomic E-state index is 13.3. The topological polar surface area (TPSA) is 29.3 Å². The molecule has 0 amide bonds. The van der Waals surface area contributed by atoms with Crippen molar-refractivity contribution in [3.05, 3.63) is 30.1 Å². The third kappa shape index (κ3) is 3.93. The van der Waals surface area contributed by atoms with E-state index >= 15 is 0 Å². The molecule has 106 valence electrons. The lowest BCUT2D eigenvalue weighted by Crippen LogP contribution is -2.44. The molecule has 1 aromatic carbocycles. The first-order valence-electron chi connectivity index (χ1n) is 7.42. The monoisotopic (exact) mass is 264 g/mol. The second-order valence-electron chi connectivity index (χ2n) is 5.73. The van der Waals surface area contributed by atoms with Crippen LogP contribution in [0.3, 0.4) is 0 Å². The van der Waals surface area contributed by atoms with Gasteiger partial charge in [-0.2, -0.15) is 0 Å². The fourth-order valence-corrected chi connectivity index (χ4v) is 3.01. The van der Waals surface area contributed by atoms with Crippen molar-refractivity contribution in [1.82, 2.24) is 0 Å². The molecule has 1 saturated carbocycles. The molecule has 0 saturated heterocycles. The lowest BCUT2D eigenvalue weighted by atomic mass is 9.80. The highest BCUT2D eigenvalue weighted by atomic mass is 19.1. The molecule has 0 atom stereocenters. The van der Waals surface area contributed by atoms with E-state index in [-0.39, 0.29) is 11.4 Å². The number of halogens is 1. The van der Waals surface area contributed by atoms with E-state index in [1.165, 1.54) is 25.3 Å². The van der Waals surface area contributed by atoms with Crippen LogP contribution in [-0.4, -0.2) is 18.6 Å². The predicted molar refractivity (Wildman–Crippen MR) is 78.9 cm³/mol. The van der Waals surface area contributed by atoms with Crippen LogP contribution in [0.4, 0.5) is 10.1 Å². The maximum Gasteiger partial charge on any atom is 0.125 e. The molecular weight excluding hydrogens is 239 g/mol. The summed E-state index contributed by atoms with van der Waals surface area (Å²) in [4.78, 5) is 2.21. The van der Waals surface area contributed by atoms with Crippen LogP contribution in [0, 0.1) is 5.82 Å². The Labute approximate surface area is 115 Å². The van der Waals surface area contributed by atoms with Crippen molar-refractivity contribution in [2.45, 2.75) is 51.0 Å². The first-order chi connectivity index (χ1) is 9.13. The van der Waals surface area contributed by atoms with E-state index in [1.807, 2.05) is 6.07 Å². The summed E-state index contributed by atoms with van der Waals surface area (Å²) in [5.41, 5.74) is 7.43. The van der Waals surface area contributed by atoms with Crippen LogP contribution in [0.1, 0.15) is 45.4 Å². The van der Waals surface area contributed by atoms with Crippen molar-refractivity contribution in [2.24, 2.45) is 5.73 Å². The average molecular weight is 264 g/mol. The summed E-state index contributed by atoms with van der Waals surface area (Å²) in [6, 6.07) is 6.83. The SMILES string of the molecule is CCN(CCC1(N)CCCCC1)c1cccc(F)c1. The Balaban J connectivity index is 1.95. The van der Waals surface area contributed by atoms with E-state index in [9.17, 15) is 4.39 Å². The Kier molecular flexibility index (Phi) is 4.81. The molecule has 1 aromatic rings. The van der Waals surface area contributed by atoms with Gasteiger partial charge in [-0.25, -0.2) is 4.39 Å². The summed E-state index contributed by atoms with van der Waals surface area (Å²) < 4.78 is 13.3. The molecule has 0 aromatic heterocycles. The minimum atomic E-state index is -0.170. The number of anilines is 1. The number of benzene rings is 1. The van der Waals surface area contributed by atoms with E-state index in [0.717, 1.165) is 38.0 Å². The largest absolute Gasteiger partial charge is 0.372 e. The zero-order valence-electron chi connectivity index (χ0n) is 11.9. The van der Waals surface area contributed by atoms with Gasteiger partial charge in [0.15, 0.2) is 0 Å². The van der Waals surface area contributed by atoms with Crippen molar-refractivity contribution in [1.29, 1.82) is 0 Å². The summed E-state index contributed by atoms with van der Waals surface area (Å²) in [5.74, 6) is -0.170. The summed E-state index contributed by atoms with van der Waals surface area (Å²) in [6.45, 7) is 3.91. The summed E-state index contributed by atoms with van der Waals surface area (Å²) in [6.07, 6.45) is 7.09. The van der Waals surface area contributed by atoms with Crippen molar-refractivity contribution in [3.63, 3.8) is 0 Å². The molecule has 1 aliphatic carbocycles. The Hall–Kier alpha value is -1.09. The predicted octanol–water partition coefficient (Wildman–Crippen LogP) is 3.70. The zero-order chi connectivity index (χ0) is 13.7. The minimum Gasteiger partial charge on any atom is -0.372 e. The van der Waals surface area contributed by atoms with Crippen molar-refractivity contribution >= 4 is 5.69 Å². The molecule has 2 nitrogen and oxygen atoms in total. The molecule has 0 aliphatic heterocycles. The molecule has 1 aliphatic rings. The van der Waals surface area contributed by atoms with Gasteiger partial charge in [0.2, 0.25) is 0 Å². The number of hydrogen-bond acceptors (Lipinski definition) is 2. The van der Waals surface area contributed by atoms with E-state index in [2.05, 4.69) is 11.8 Å². The number of nitrogens with zero attached hydrogens (tertiary/aromatic N) is 1. The highest BCUT2D eigenvalue weighted by molar-refractivity contribution is 5.46. The van der Waals surface area contributed by atoms with Gasteiger partial charge in [0.25, 0.3) is 0 Å². The standard InChI is InChI=1S/C16H25FN2/c1-2-19(15-8-6-7-14(17)13-15)12-11-16(18)9-4-3-5-10-16/h6-8,13H,2-5,9-12,18H2,1H3. The van der Waals surface area contributed by atoms with E-state index in [0.29, 0.717) is 0 Å². The number of nitrogens with two attached hydrogens (primary N) is 1. The molecule has 0 heterocycles. The third-order valence-electron chi connectivity index (χ3n) is 4.28. The van der Waals surface area contributed by atoms with Gasteiger partial charge in [-0.3, -0.25) is 0 Å². The van der Waals surface area contributed by atoms with Gasteiger partial charge in [-0.1, -0.05) is 25.3 Å². The molecule has 19 heavy (non-hydrogen) atoms. The maximum atomic E-state index is 13.3. The molecule has 2 N–H and O–H groups in total. The van der Waals surface area contributed by atoms with Gasteiger partial charge < -0.3 is 10.6 Å². The van der Waals surface area contributed by atoms with Crippen LogP contribution in [0.2, 0.25) is 0 Å². The highest BCUT2D eigenvalue weighted by Gasteiger charge is 2.27. The third-order valence-corrected chi connectivity index (χ3v) is 4.28. The molecule has 0 unspecified atom stereocenters. The molecule has 3 heteroatoms. The van der Waals surface area contributed by atoms with Crippen LogP contribution in [0.15, 0.2) is 24.3 Å². The summed E-state index contributed by atoms with van der Waals surface area (Å²) >= 11 is 0. The number of hydrogen-bond donors (Lipinski definition) is 1. The van der Waals surface area contributed by atoms with Crippen molar-refractivity contribution in [3.8, 4) is 0 Å². The molecule has 2 rings (SSSR count). The summed E-state index contributed by atoms with van der Waals surface area (Å²) in [7, 11) is 0. The van der Waals surface area contributed by atoms with Crippen LogP contribution in [-0.2, 0) is 0 Å².